The van der Waals surface area contributed by atoms with E-state index < -0.39 is 17.7 Å². The molecule has 5 nitrogen and oxygen atoms in total. The molecule has 1 aliphatic heterocycles. The maximum absolute atomic E-state index is 12.9. The van der Waals surface area contributed by atoms with Gasteiger partial charge in [-0.15, -0.1) is 0 Å². The molecule has 28 heavy (non-hydrogen) atoms. The van der Waals surface area contributed by atoms with Crippen molar-refractivity contribution in [3.05, 3.63) is 101 Å². The monoisotopic (exact) mass is 370 g/mol. The minimum Gasteiger partial charge on any atom is -0.507 e. The van der Waals surface area contributed by atoms with Crippen LogP contribution in [-0.4, -0.2) is 21.8 Å². The Morgan fingerprint density at radius 1 is 0.929 bits per heavy atom. The fourth-order valence-corrected chi connectivity index (χ4v) is 3.38. The Labute approximate surface area is 162 Å². The van der Waals surface area contributed by atoms with Gasteiger partial charge in [-0.2, -0.15) is 0 Å². The second-order valence-electron chi connectivity index (χ2n) is 6.63. The van der Waals surface area contributed by atoms with Gasteiger partial charge in [0.25, 0.3) is 5.78 Å². The van der Waals surface area contributed by atoms with Gasteiger partial charge in [0, 0.05) is 11.8 Å². The number of carbonyl (C=O) groups is 2. The van der Waals surface area contributed by atoms with Crippen LogP contribution in [0.3, 0.4) is 0 Å². The van der Waals surface area contributed by atoms with E-state index in [2.05, 4.69) is 4.98 Å². The van der Waals surface area contributed by atoms with Crippen LogP contribution in [0.15, 0.2) is 84.6 Å². The molecule has 1 aliphatic rings. The zero-order valence-electron chi connectivity index (χ0n) is 15.2. The van der Waals surface area contributed by atoms with E-state index in [1.807, 2.05) is 37.3 Å². The minimum atomic E-state index is -0.754. The molecular formula is C23H18N2O3. The highest BCUT2D eigenvalue weighted by molar-refractivity contribution is 6.51. The standard InChI is InChI=1S/C23H18N2O3/c1-15-10-12-16(13-11-15)20-19(21(26)17-7-3-2-4-8-17)22(27)23(28)25(20)18-9-5-6-14-24-18/h2-14,20,26H,1H3/b21-19+. The molecule has 1 amide bonds. The number of aromatic nitrogens is 1. The largest absolute Gasteiger partial charge is 0.507 e. The van der Waals surface area contributed by atoms with E-state index in [0.717, 1.165) is 11.1 Å². The number of nitrogens with zero attached hydrogens (tertiary/aromatic N) is 2. The molecule has 0 saturated carbocycles. The van der Waals surface area contributed by atoms with E-state index in [4.69, 9.17) is 0 Å². The summed E-state index contributed by atoms with van der Waals surface area (Å²) in [5, 5.41) is 10.9. The Bertz CT molecular complexity index is 1060. The van der Waals surface area contributed by atoms with Gasteiger partial charge in [-0.1, -0.05) is 66.2 Å². The highest BCUT2D eigenvalue weighted by Crippen LogP contribution is 2.41. The predicted octanol–water partition coefficient (Wildman–Crippen LogP) is 4.02. The molecule has 1 unspecified atom stereocenters. The number of anilines is 1. The number of pyridine rings is 1. The zero-order chi connectivity index (χ0) is 19.7. The number of hydrogen-bond acceptors (Lipinski definition) is 4. The van der Waals surface area contributed by atoms with Gasteiger partial charge in [0.05, 0.1) is 11.6 Å². The number of hydrogen-bond donors (Lipinski definition) is 1. The summed E-state index contributed by atoms with van der Waals surface area (Å²) < 4.78 is 0. The number of rotatable bonds is 3. The van der Waals surface area contributed by atoms with E-state index in [1.165, 1.54) is 4.90 Å². The molecule has 0 aliphatic carbocycles. The third-order valence-electron chi connectivity index (χ3n) is 4.78. The second kappa shape index (κ2) is 7.12. The molecule has 2 aromatic carbocycles. The average Bonchev–Trinajstić information content (AvgIpc) is 3.00. The normalized spacial score (nSPS) is 18.5. The lowest BCUT2D eigenvalue weighted by Crippen LogP contribution is -2.30. The van der Waals surface area contributed by atoms with Crippen LogP contribution < -0.4 is 4.90 Å². The number of aliphatic hydroxyl groups is 1. The van der Waals surface area contributed by atoms with E-state index in [9.17, 15) is 14.7 Å². The van der Waals surface area contributed by atoms with Crippen LogP contribution in [0, 0.1) is 6.92 Å². The molecule has 0 bridgehead atoms. The number of aryl methyl sites for hydroxylation is 1. The average molecular weight is 370 g/mol. The molecule has 2 heterocycles. The lowest BCUT2D eigenvalue weighted by molar-refractivity contribution is -0.132. The molecule has 3 aromatic rings. The van der Waals surface area contributed by atoms with E-state index in [1.54, 1.807) is 48.7 Å². The molecule has 1 saturated heterocycles. The molecule has 1 N–H and O–H groups in total. The third-order valence-corrected chi connectivity index (χ3v) is 4.78. The molecule has 138 valence electrons. The lowest BCUT2D eigenvalue weighted by Gasteiger charge is -2.24. The molecule has 4 rings (SSSR count). The van der Waals surface area contributed by atoms with Crippen molar-refractivity contribution in [1.82, 2.24) is 4.98 Å². The maximum atomic E-state index is 12.9. The van der Waals surface area contributed by atoms with Crippen LogP contribution in [0.2, 0.25) is 0 Å². The summed E-state index contributed by atoms with van der Waals surface area (Å²) in [5.41, 5.74) is 2.33. The van der Waals surface area contributed by atoms with Crippen LogP contribution in [0.25, 0.3) is 5.76 Å². The second-order valence-corrected chi connectivity index (χ2v) is 6.63. The van der Waals surface area contributed by atoms with Crippen molar-refractivity contribution < 1.29 is 14.7 Å². The summed E-state index contributed by atoms with van der Waals surface area (Å²) in [5.74, 6) is -1.26. The van der Waals surface area contributed by atoms with Crippen LogP contribution in [-0.2, 0) is 9.59 Å². The van der Waals surface area contributed by atoms with E-state index >= 15 is 0 Å². The van der Waals surface area contributed by atoms with Gasteiger partial charge < -0.3 is 5.11 Å². The van der Waals surface area contributed by atoms with Crippen LogP contribution in [0.4, 0.5) is 5.82 Å². The van der Waals surface area contributed by atoms with Crippen LogP contribution in [0.5, 0.6) is 0 Å². The van der Waals surface area contributed by atoms with Gasteiger partial charge in [-0.3, -0.25) is 14.5 Å². The maximum Gasteiger partial charge on any atom is 0.301 e. The van der Waals surface area contributed by atoms with Gasteiger partial charge >= 0.3 is 5.91 Å². The summed E-state index contributed by atoms with van der Waals surface area (Å²) in [6.45, 7) is 1.96. The summed E-state index contributed by atoms with van der Waals surface area (Å²) in [7, 11) is 0. The summed E-state index contributed by atoms with van der Waals surface area (Å²) in [6.07, 6.45) is 1.57. The first-order valence-electron chi connectivity index (χ1n) is 8.92. The topological polar surface area (TPSA) is 70.5 Å². The van der Waals surface area contributed by atoms with E-state index in [-0.39, 0.29) is 11.3 Å². The number of aliphatic hydroxyl groups excluding tert-OH is 1. The first-order valence-corrected chi connectivity index (χ1v) is 8.92. The van der Waals surface area contributed by atoms with Gasteiger partial charge in [0.2, 0.25) is 0 Å². The molecule has 5 heteroatoms. The Hall–Kier alpha value is -3.73. The van der Waals surface area contributed by atoms with E-state index in [0.29, 0.717) is 11.4 Å². The number of carbonyl (C=O) groups excluding carboxylic acids is 2. The predicted molar refractivity (Wildman–Crippen MR) is 107 cm³/mol. The Morgan fingerprint density at radius 2 is 1.61 bits per heavy atom. The van der Waals surface area contributed by atoms with Crippen molar-refractivity contribution in [3.63, 3.8) is 0 Å². The van der Waals surface area contributed by atoms with Gasteiger partial charge in [0.15, 0.2) is 0 Å². The van der Waals surface area contributed by atoms with Crippen LogP contribution >= 0.6 is 0 Å². The van der Waals surface area contributed by atoms with Gasteiger partial charge in [-0.25, -0.2) is 4.98 Å². The Morgan fingerprint density at radius 3 is 2.25 bits per heavy atom. The highest BCUT2D eigenvalue weighted by Gasteiger charge is 2.47. The highest BCUT2D eigenvalue weighted by atomic mass is 16.3. The fourth-order valence-electron chi connectivity index (χ4n) is 3.38. The molecule has 1 atom stereocenters. The number of amides is 1. The summed E-state index contributed by atoms with van der Waals surface area (Å²) in [6, 6.07) is 20.7. The fraction of sp³-hybridized carbons (Fsp3) is 0.0870. The van der Waals surface area contributed by atoms with Gasteiger partial charge in [-0.05, 0) is 24.6 Å². The number of benzene rings is 2. The van der Waals surface area contributed by atoms with Crippen molar-refractivity contribution in [2.75, 3.05) is 4.90 Å². The zero-order valence-corrected chi connectivity index (χ0v) is 15.2. The summed E-state index contributed by atoms with van der Waals surface area (Å²) in [4.78, 5) is 31.4. The molecular weight excluding hydrogens is 352 g/mol. The van der Waals surface area contributed by atoms with Crippen molar-refractivity contribution in [3.8, 4) is 0 Å². The molecule has 0 radical (unpaired) electrons. The Balaban J connectivity index is 1.95. The van der Waals surface area contributed by atoms with Crippen molar-refractivity contribution >= 4 is 23.3 Å². The van der Waals surface area contributed by atoms with Crippen LogP contribution in [0.1, 0.15) is 22.7 Å². The summed E-state index contributed by atoms with van der Waals surface area (Å²) >= 11 is 0. The first kappa shape index (κ1) is 17.7. The number of Topliss-reactive ketones (excluding diaryl/α,β-unsaturated/α-hetero) is 1. The third kappa shape index (κ3) is 2.97. The Kier molecular flexibility index (Phi) is 4.49. The van der Waals surface area contributed by atoms with Crippen molar-refractivity contribution in [2.24, 2.45) is 0 Å². The smallest absolute Gasteiger partial charge is 0.301 e. The first-order chi connectivity index (χ1) is 13.6. The molecule has 0 spiro atoms. The van der Waals surface area contributed by atoms with Crippen molar-refractivity contribution in [2.45, 2.75) is 13.0 Å². The number of ketones is 1. The van der Waals surface area contributed by atoms with Gasteiger partial charge in [0.1, 0.15) is 11.6 Å². The molecule has 1 fully saturated rings. The SMILES string of the molecule is Cc1ccc(C2/C(=C(\O)c3ccccc3)C(=O)C(=O)N2c2ccccn2)cc1. The van der Waals surface area contributed by atoms with Crippen molar-refractivity contribution in [1.29, 1.82) is 0 Å². The quantitative estimate of drug-likeness (QED) is 0.429. The minimum absolute atomic E-state index is 0.0608. The molecule has 1 aromatic heterocycles. The lowest BCUT2D eigenvalue weighted by atomic mass is 9.95.